The zero-order valence-electron chi connectivity index (χ0n) is 44.9. The van der Waals surface area contributed by atoms with Crippen LogP contribution in [0.4, 0.5) is 0 Å². The summed E-state index contributed by atoms with van der Waals surface area (Å²) in [4.78, 5) is 16.0. The highest BCUT2D eigenvalue weighted by Crippen LogP contribution is 2.77. The first-order valence-corrected chi connectivity index (χ1v) is 29.4. The molecule has 0 aromatic heterocycles. The number of ketones is 1. The summed E-state index contributed by atoms with van der Waals surface area (Å²) in [5.41, 5.74) is -1.34. The summed E-state index contributed by atoms with van der Waals surface area (Å²) in [6, 6.07) is 0. The van der Waals surface area contributed by atoms with Crippen molar-refractivity contribution in [2.75, 3.05) is 26.7 Å². The van der Waals surface area contributed by atoms with Crippen LogP contribution in [0.5, 0.6) is 0 Å². The number of Topliss-reactive ketones (excluding diaryl/α,β-unsaturated/α-hetero) is 1. The Balaban J connectivity index is 1.18. The fourth-order valence-corrected chi connectivity index (χ4v) is 19.2. The lowest BCUT2D eigenvalue weighted by atomic mass is 9.37. The van der Waals surface area contributed by atoms with Gasteiger partial charge in [-0.15, -0.1) is 0 Å². The molecule has 20 atom stereocenters. The molecule has 0 aromatic rings. The largest absolute Gasteiger partial charge is 0.396 e. The average Bonchev–Trinajstić information content (AvgIpc) is 3.85. The third kappa shape index (κ3) is 8.69. The summed E-state index contributed by atoms with van der Waals surface area (Å²) in [7, 11) is 1.96. The van der Waals surface area contributed by atoms with Crippen LogP contribution in [0.25, 0.3) is 0 Å². The molecule has 74 heavy (non-hydrogen) atoms. The topological polar surface area (TPSA) is 270 Å². The van der Waals surface area contributed by atoms with Crippen molar-refractivity contribution in [2.45, 2.75) is 221 Å². The molecule has 15 nitrogen and oxygen atoms in total. The van der Waals surface area contributed by atoms with Crippen LogP contribution in [-0.4, -0.2) is 144 Å². The molecule has 1 spiro atoms. The summed E-state index contributed by atoms with van der Waals surface area (Å²) in [5, 5.41) is 124. The van der Waals surface area contributed by atoms with E-state index in [0.29, 0.717) is 55.9 Å². The number of carbonyl (C=O) groups is 1. The molecule has 0 radical (unpaired) electrons. The Labute approximate surface area is 440 Å². The molecule has 416 valence electrons. The molecule has 6 saturated carbocycles. The molecular weight excluding hydrogens is 941 g/mol. The van der Waals surface area contributed by atoms with Crippen molar-refractivity contribution in [3.63, 3.8) is 0 Å². The van der Waals surface area contributed by atoms with E-state index in [2.05, 4.69) is 22.9 Å². The number of hydrogen-bond acceptors (Lipinski definition) is 15. The normalized spacial score (nSPS) is 48.2. The van der Waals surface area contributed by atoms with Gasteiger partial charge in [0.1, 0.15) is 5.60 Å². The molecule has 2 aliphatic heterocycles. The van der Waals surface area contributed by atoms with Gasteiger partial charge in [-0.1, -0.05) is 44.4 Å². The van der Waals surface area contributed by atoms with Gasteiger partial charge in [0.15, 0.2) is 5.78 Å². The lowest BCUT2D eigenvalue weighted by Crippen LogP contribution is -2.74. The number of ether oxygens (including phenoxy) is 1. The van der Waals surface area contributed by atoms with Crippen LogP contribution in [0, 0.1) is 64.1 Å². The molecule has 20 unspecified atom stereocenters. The fraction of sp³-hybridized carbons (Fsp3) is 0.847. The summed E-state index contributed by atoms with van der Waals surface area (Å²) >= 11 is 0. The minimum atomic E-state index is -1.94. The van der Waals surface area contributed by atoms with Crippen molar-refractivity contribution in [1.29, 1.82) is 0 Å². The number of nitrogens with one attached hydrogen (secondary N) is 3. The van der Waals surface area contributed by atoms with Crippen molar-refractivity contribution < 1.29 is 55.5 Å². The maximum Gasteiger partial charge on any atom is 0.182 e. The number of aliphatic hydroxyl groups excluding tert-OH is 5. The van der Waals surface area contributed by atoms with E-state index >= 15 is 4.79 Å². The third-order valence-corrected chi connectivity index (χ3v) is 22.3. The number of rotatable bonds is 14. The maximum atomic E-state index is 16.0. The van der Waals surface area contributed by atoms with Crippen molar-refractivity contribution in [1.82, 2.24) is 16.0 Å². The number of hydrogen-bond donors (Lipinski definition) is 13. The van der Waals surface area contributed by atoms with Crippen LogP contribution in [-0.2, 0) is 9.53 Å². The van der Waals surface area contributed by atoms with Crippen molar-refractivity contribution in [2.24, 2.45) is 69.8 Å². The number of aliphatic hydroxyl groups is 9. The molecule has 2 heterocycles. The van der Waals surface area contributed by atoms with Crippen molar-refractivity contribution in [3.8, 4) is 0 Å². The number of allylic oxidation sites excluding steroid dienone is 5. The molecule has 1 saturated heterocycles. The smallest absolute Gasteiger partial charge is 0.182 e. The first-order valence-electron chi connectivity index (χ1n) is 29.4. The van der Waals surface area contributed by atoms with Gasteiger partial charge in [-0.3, -0.25) is 4.79 Å². The monoisotopic (exact) mass is 1030 g/mol. The Morgan fingerprint density at radius 2 is 1.69 bits per heavy atom. The summed E-state index contributed by atoms with van der Waals surface area (Å²) in [6.45, 7) is 6.35. The van der Waals surface area contributed by atoms with E-state index in [1.807, 2.05) is 31.4 Å². The van der Waals surface area contributed by atoms with Gasteiger partial charge >= 0.3 is 0 Å². The summed E-state index contributed by atoms with van der Waals surface area (Å²) in [6.07, 6.45) is 13.9. The Morgan fingerprint density at radius 3 is 2.41 bits per heavy atom. The van der Waals surface area contributed by atoms with Gasteiger partial charge in [0.2, 0.25) is 0 Å². The molecule has 14 N–H and O–H groups in total. The van der Waals surface area contributed by atoms with Crippen LogP contribution in [0.1, 0.15) is 156 Å². The van der Waals surface area contributed by atoms with Gasteiger partial charge in [0.25, 0.3) is 0 Å². The highest BCUT2D eigenvalue weighted by Gasteiger charge is 2.80. The second-order valence-electron chi connectivity index (χ2n) is 26.2. The van der Waals surface area contributed by atoms with Crippen molar-refractivity contribution >= 4 is 5.78 Å². The van der Waals surface area contributed by atoms with Crippen LogP contribution in [0.15, 0.2) is 46.8 Å². The molecule has 0 bridgehead atoms. The van der Waals surface area contributed by atoms with E-state index in [4.69, 9.17) is 10.5 Å². The Hall–Kier alpha value is -2.25. The first-order chi connectivity index (χ1) is 35.2. The van der Waals surface area contributed by atoms with E-state index in [1.54, 1.807) is 13.8 Å². The molecule has 10 rings (SSSR count). The lowest BCUT2D eigenvalue weighted by Gasteiger charge is -2.69. The predicted octanol–water partition coefficient (Wildman–Crippen LogP) is 3.88. The molecule has 15 heteroatoms. The van der Waals surface area contributed by atoms with Crippen LogP contribution >= 0.6 is 0 Å². The number of nitrogens with two attached hydrogens (primary N) is 1. The lowest BCUT2D eigenvalue weighted by molar-refractivity contribution is -0.276. The number of dihydropyridines is 1. The zero-order valence-corrected chi connectivity index (χ0v) is 44.9. The van der Waals surface area contributed by atoms with Crippen LogP contribution in [0.2, 0.25) is 0 Å². The molecule has 7 fully saturated rings. The van der Waals surface area contributed by atoms with Gasteiger partial charge in [0, 0.05) is 47.9 Å². The molecule has 0 aromatic carbocycles. The average molecular weight is 1040 g/mol. The second kappa shape index (κ2) is 20.8. The Morgan fingerprint density at radius 1 is 0.946 bits per heavy atom. The third-order valence-electron chi connectivity index (χ3n) is 22.3. The van der Waals surface area contributed by atoms with E-state index < -0.39 is 99.5 Å². The van der Waals surface area contributed by atoms with Gasteiger partial charge in [-0.05, 0) is 195 Å². The minimum Gasteiger partial charge on any atom is -0.396 e. The first kappa shape index (κ1) is 55.1. The number of carbonyl (C=O) groups excluding carboxylic acids is 1. The fourth-order valence-electron chi connectivity index (χ4n) is 19.2. The van der Waals surface area contributed by atoms with E-state index in [9.17, 15) is 46.0 Å². The quantitative estimate of drug-likeness (QED) is 0.110. The summed E-state index contributed by atoms with van der Waals surface area (Å²) < 4.78 is 7.16. The molecular formula is C59H94N4O11. The Kier molecular flexibility index (Phi) is 15.5. The van der Waals surface area contributed by atoms with Gasteiger partial charge < -0.3 is 72.4 Å². The maximum absolute atomic E-state index is 16.0. The molecule has 0 amide bonds. The number of fused-ring (bicyclic) bond motifs is 5. The van der Waals surface area contributed by atoms with E-state index in [0.717, 1.165) is 69.2 Å². The molecule has 8 aliphatic carbocycles. The van der Waals surface area contributed by atoms with Gasteiger partial charge in [0.05, 0.1) is 65.3 Å². The van der Waals surface area contributed by atoms with Crippen LogP contribution < -0.4 is 21.7 Å². The zero-order chi connectivity index (χ0) is 52.8. The SMILES string of the molecule is CCCC1CCC2OC3C(C(O)CCCC3(O)C(C)(O)C3CCC4(O)C5=C(NCC(C)O)C(=O)C6CC(O)C(O)CC67CC(C6=C(CCCO)NC(N)C=C6)C=CC(O)(CC34C3CCC(CNC)CC3)C57)C2CC1. The second-order valence-corrected chi connectivity index (χ2v) is 26.2. The molecule has 10 aliphatic rings. The van der Waals surface area contributed by atoms with Crippen LogP contribution in [0.3, 0.4) is 0 Å². The van der Waals surface area contributed by atoms with Gasteiger partial charge in [-0.25, -0.2) is 0 Å². The highest BCUT2D eigenvalue weighted by atomic mass is 16.5. The highest BCUT2D eigenvalue weighted by molar-refractivity contribution is 6.00. The van der Waals surface area contributed by atoms with Gasteiger partial charge in [-0.2, -0.15) is 0 Å². The van der Waals surface area contributed by atoms with E-state index in [1.165, 1.54) is 0 Å². The van der Waals surface area contributed by atoms with Crippen molar-refractivity contribution in [3.05, 3.63) is 46.8 Å². The predicted molar refractivity (Wildman–Crippen MR) is 280 cm³/mol. The standard InChI is InChI=1S/C59H94N4O11/c1-5-8-34-13-17-39-45(19-14-34)74-53-48(39)42(66)10-6-23-59(53,73)54(3,70)46-22-25-58(72)49-50(62-30-33(2)65)51(69)40-27-43(67)44(68)29-55(40)28-36(38-18-20-47(60)63-41(38)9-7-26-64)21-24-56(71,52(49)55)32-57(46,58)37-15-11-35(12-16-37)31-61-4/h18,20-21,24,33-37,39-40,42-48,52-53,61-68,70-73H,5-17,19,22-23,25-32,60H2,1-4H3. The van der Waals surface area contributed by atoms with E-state index in [-0.39, 0.29) is 87.5 Å². The summed E-state index contributed by atoms with van der Waals surface area (Å²) in [5.74, 6) is -3.16. The minimum absolute atomic E-state index is 0.00579. The Bertz CT molecular complexity index is 2190.